The first kappa shape index (κ1) is 29.4. The molecule has 40 heavy (non-hydrogen) atoms. The van der Waals surface area contributed by atoms with Crippen LogP contribution < -0.4 is 10.2 Å². The minimum Gasteiger partial charge on any atom is -0.310 e. The van der Waals surface area contributed by atoms with E-state index in [1.54, 1.807) is 12.1 Å². The van der Waals surface area contributed by atoms with E-state index in [4.69, 9.17) is 0 Å². The molecule has 2 aliphatic heterocycles. The number of piperazine rings is 1. The summed E-state index contributed by atoms with van der Waals surface area (Å²) in [7, 11) is -3.56. The van der Waals surface area contributed by atoms with Crippen LogP contribution in [-0.4, -0.2) is 96.8 Å². The zero-order valence-electron chi connectivity index (χ0n) is 22.1. The molecule has 1 aromatic carbocycles. The standard InChI is InChI=1S/C25H29F3N6O5S/c1-24(2)22(36)34(18-4-6-19(7-5-18)40(38,39)25(26,27)28)23(37)33(24)15-17-8-9-29-20(14-17)30-21(35)16-32-12-10-31(3)11-13-32/h4-9,14H,10-13,15-16H2,1-3H3,(H,29,30,35). The maximum Gasteiger partial charge on any atom is 0.501 e. The van der Waals surface area contributed by atoms with Gasteiger partial charge in [0, 0.05) is 38.9 Å². The van der Waals surface area contributed by atoms with Gasteiger partial charge in [-0.2, -0.15) is 13.2 Å². The number of carbonyl (C=O) groups is 3. The quantitative estimate of drug-likeness (QED) is 0.494. The molecule has 15 heteroatoms. The van der Waals surface area contributed by atoms with Crippen LogP contribution in [0.3, 0.4) is 0 Å². The summed E-state index contributed by atoms with van der Waals surface area (Å²) < 4.78 is 62.0. The summed E-state index contributed by atoms with van der Waals surface area (Å²) in [5.74, 6) is -0.589. The first-order valence-corrected chi connectivity index (χ1v) is 13.8. The van der Waals surface area contributed by atoms with Crippen LogP contribution in [0.15, 0.2) is 47.5 Å². The van der Waals surface area contributed by atoms with Gasteiger partial charge in [-0.1, -0.05) is 0 Å². The van der Waals surface area contributed by atoms with Crippen LogP contribution in [0, 0.1) is 0 Å². The number of nitrogens with zero attached hydrogens (tertiary/aromatic N) is 5. The Bertz CT molecular complexity index is 1410. The van der Waals surface area contributed by atoms with Crippen molar-refractivity contribution in [2.45, 2.75) is 36.3 Å². The minimum absolute atomic E-state index is 0.0293. The Morgan fingerprint density at radius 3 is 2.27 bits per heavy atom. The fourth-order valence-electron chi connectivity index (χ4n) is 4.45. The number of benzene rings is 1. The van der Waals surface area contributed by atoms with E-state index < -0.39 is 37.7 Å². The van der Waals surface area contributed by atoms with E-state index in [2.05, 4.69) is 15.2 Å². The second kappa shape index (κ2) is 10.8. The number of likely N-dealkylation sites (N-methyl/N-ethyl adjacent to an activating group) is 1. The van der Waals surface area contributed by atoms with E-state index in [9.17, 15) is 36.0 Å². The molecule has 11 nitrogen and oxygen atoms in total. The molecule has 1 aromatic heterocycles. The number of hydrogen-bond acceptors (Lipinski definition) is 8. The summed E-state index contributed by atoms with van der Waals surface area (Å²) in [6, 6.07) is 5.85. The highest BCUT2D eigenvalue weighted by Crippen LogP contribution is 2.35. The van der Waals surface area contributed by atoms with Crippen LogP contribution in [-0.2, 0) is 26.0 Å². The van der Waals surface area contributed by atoms with Gasteiger partial charge in [0.05, 0.1) is 17.1 Å². The molecule has 0 bridgehead atoms. The van der Waals surface area contributed by atoms with Crippen LogP contribution in [0.25, 0.3) is 0 Å². The summed E-state index contributed by atoms with van der Waals surface area (Å²) in [6.45, 7) is 6.51. The van der Waals surface area contributed by atoms with Crippen molar-refractivity contribution in [2.75, 3.05) is 50.0 Å². The van der Waals surface area contributed by atoms with Crippen molar-refractivity contribution >= 4 is 39.2 Å². The molecular formula is C25H29F3N6O5S. The second-order valence-electron chi connectivity index (χ2n) is 10.2. The summed E-state index contributed by atoms with van der Waals surface area (Å²) >= 11 is 0. The molecule has 0 atom stereocenters. The number of urea groups is 1. The maximum atomic E-state index is 13.3. The van der Waals surface area contributed by atoms with Crippen molar-refractivity contribution in [3.63, 3.8) is 0 Å². The van der Waals surface area contributed by atoms with E-state index >= 15 is 0 Å². The van der Waals surface area contributed by atoms with Crippen molar-refractivity contribution in [3.8, 4) is 0 Å². The third-order valence-corrected chi connectivity index (χ3v) is 8.43. The Labute approximate surface area is 229 Å². The van der Waals surface area contributed by atoms with Gasteiger partial charge in [-0.3, -0.25) is 14.5 Å². The lowest BCUT2D eigenvalue weighted by Crippen LogP contribution is -2.47. The molecule has 0 saturated carbocycles. The fraction of sp³-hybridized carbons (Fsp3) is 0.440. The number of sulfone groups is 1. The average molecular weight is 583 g/mol. The smallest absolute Gasteiger partial charge is 0.310 e. The van der Waals surface area contributed by atoms with E-state index in [-0.39, 0.29) is 30.5 Å². The number of carbonyl (C=O) groups excluding carboxylic acids is 3. The highest BCUT2D eigenvalue weighted by Gasteiger charge is 2.52. The van der Waals surface area contributed by atoms with E-state index in [1.807, 2.05) is 11.9 Å². The Kier molecular flexibility index (Phi) is 7.93. The van der Waals surface area contributed by atoms with Crippen molar-refractivity contribution in [2.24, 2.45) is 0 Å². The van der Waals surface area contributed by atoms with E-state index in [0.717, 1.165) is 43.2 Å². The van der Waals surface area contributed by atoms with Crippen molar-refractivity contribution in [1.29, 1.82) is 0 Å². The molecule has 216 valence electrons. The van der Waals surface area contributed by atoms with Crippen LogP contribution >= 0.6 is 0 Å². The first-order valence-electron chi connectivity index (χ1n) is 12.3. The summed E-state index contributed by atoms with van der Waals surface area (Å²) in [6.07, 6.45) is 1.47. The molecule has 0 aliphatic carbocycles. The van der Waals surface area contributed by atoms with Gasteiger partial charge < -0.3 is 15.1 Å². The molecule has 0 spiro atoms. The molecule has 1 N–H and O–H groups in total. The third-order valence-electron chi connectivity index (χ3n) is 6.93. The third kappa shape index (κ3) is 5.81. The Balaban J connectivity index is 1.47. The van der Waals surface area contributed by atoms with Gasteiger partial charge in [0.2, 0.25) is 5.91 Å². The largest absolute Gasteiger partial charge is 0.501 e. The van der Waals surface area contributed by atoms with Gasteiger partial charge in [-0.15, -0.1) is 0 Å². The predicted molar refractivity (Wildman–Crippen MR) is 139 cm³/mol. The lowest BCUT2D eigenvalue weighted by molar-refractivity contribution is -0.123. The van der Waals surface area contributed by atoms with Crippen molar-refractivity contribution in [3.05, 3.63) is 48.2 Å². The number of amides is 4. The number of alkyl halides is 3. The topological polar surface area (TPSA) is 123 Å². The number of halogens is 3. The predicted octanol–water partition coefficient (Wildman–Crippen LogP) is 2.31. The number of anilines is 2. The summed E-state index contributed by atoms with van der Waals surface area (Å²) in [5.41, 5.74) is -6.31. The van der Waals surface area contributed by atoms with Gasteiger partial charge in [0.1, 0.15) is 11.4 Å². The van der Waals surface area contributed by atoms with Gasteiger partial charge in [0.25, 0.3) is 15.7 Å². The lowest BCUT2D eigenvalue weighted by Gasteiger charge is -2.31. The summed E-state index contributed by atoms with van der Waals surface area (Å²) in [4.78, 5) is 48.5. The SMILES string of the molecule is CN1CCN(CC(=O)Nc2cc(CN3C(=O)N(c4ccc(S(=O)(=O)C(F)(F)F)cc4)C(=O)C3(C)C)ccn2)CC1. The fourth-order valence-corrected chi connectivity index (χ4v) is 5.21. The number of rotatable bonds is 7. The zero-order chi connectivity index (χ0) is 29.5. The van der Waals surface area contributed by atoms with Crippen molar-refractivity contribution < 1.29 is 36.0 Å². The van der Waals surface area contributed by atoms with E-state index in [1.165, 1.54) is 24.9 Å². The lowest BCUT2D eigenvalue weighted by atomic mass is 10.0. The highest BCUT2D eigenvalue weighted by atomic mass is 32.2. The molecule has 3 heterocycles. The number of nitrogens with one attached hydrogen (secondary N) is 1. The normalized spacial score (nSPS) is 18.9. The molecule has 0 radical (unpaired) electrons. The second-order valence-corrected chi connectivity index (χ2v) is 12.1. The summed E-state index contributed by atoms with van der Waals surface area (Å²) in [5, 5.41) is 2.75. The Morgan fingerprint density at radius 2 is 1.68 bits per heavy atom. The van der Waals surface area contributed by atoms with Crippen LogP contribution in [0.2, 0.25) is 0 Å². The number of hydrogen-bond donors (Lipinski definition) is 1. The molecular weight excluding hydrogens is 553 g/mol. The molecule has 2 saturated heterocycles. The molecule has 4 amide bonds. The monoisotopic (exact) mass is 582 g/mol. The van der Waals surface area contributed by atoms with E-state index in [0.29, 0.717) is 17.7 Å². The molecule has 2 aromatic rings. The van der Waals surface area contributed by atoms with Gasteiger partial charge in [-0.05, 0) is 62.9 Å². The first-order chi connectivity index (χ1) is 18.6. The Hall–Kier alpha value is -3.56. The van der Waals surface area contributed by atoms with Crippen LogP contribution in [0.1, 0.15) is 19.4 Å². The Morgan fingerprint density at radius 1 is 1.05 bits per heavy atom. The average Bonchev–Trinajstić information content (AvgIpc) is 3.04. The number of aromatic nitrogens is 1. The highest BCUT2D eigenvalue weighted by molar-refractivity contribution is 7.92. The molecule has 2 fully saturated rings. The van der Waals surface area contributed by atoms with Gasteiger partial charge in [-0.25, -0.2) is 23.1 Å². The minimum atomic E-state index is -5.58. The molecule has 2 aliphatic rings. The van der Waals surface area contributed by atoms with Gasteiger partial charge in [0.15, 0.2) is 0 Å². The van der Waals surface area contributed by atoms with Crippen molar-refractivity contribution in [1.82, 2.24) is 19.7 Å². The number of pyridine rings is 1. The maximum absolute atomic E-state index is 13.3. The molecule has 0 unspecified atom stereocenters. The zero-order valence-corrected chi connectivity index (χ0v) is 22.9. The van der Waals surface area contributed by atoms with Crippen LogP contribution in [0.4, 0.5) is 29.5 Å². The molecule has 4 rings (SSSR count). The number of imide groups is 1. The van der Waals surface area contributed by atoms with Gasteiger partial charge >= 0.3 is 11.5 Å². The van der Waals surface area contributed by atoms with Crippen LogP contribution in [0.5, 0.6) is 0 Å².